The van der Waals surface area contributed by atoms with Gasteiger partial charge in [0.25, 0.3) is 5.91 Å². The number of aromatic nitrogens is 1. The Bertz CT molecular complexity index is 1130. The zero-order chi connectivity index (χ0) is 21.8. The molecule has 30 heavy (non-hydrogen) atoms. The van der Waals surface area contributed by atoms with E-state index in [2.05, 4.69) is 5.32 Å². The minimum absolute atomic E-state index is 0.337. The number of halogens is 1. The molecule has 3 heterocycles. The summed E-state index contributed by atoms with van der Waals surface area (Å²) in [4.78, 5) is 25.2. The van der Waals surface area contributed by atoms with E-state index < -0.39 is 23.1 Å². The summed E-state index contributed by atoms with van der Waals surface area (Å²) in [6.07, 6.45) is 2.88. The summed E-state index contributed by atoms with van der Waals surface area (Å²) in [5.74, 6) is -0.421. The van der Waals surface area contributed by atoms with Gasteiger partial charge in [0.05, 0.1) is 17.0 Å². The molecule has 1 N–H and O–H groups in total. The molecule has 4 rings (SSSR count). The summed E-state index contributed by atoms with van der Waals surface area (Å²) in [7, 11) is 0. The Morgan fingerprint density at radius 3 is 2.67 bits per heavy atom. The van der Waals surface area contributed by atoms with Crippen molar-refractivity contribution >= 4 is 28.8 Å². The number of carbonyl (C=O) groups is 2. The molecule has 0 fully saturated rings. The Hall–Kier alpha value is -3.35. The summed E-state index contributed by atoms with van der Waals surface area (Å²) in [5.41, 5.74) is 1.22. The first-order valence-corrected chi connectivity index (χ1v) is 9.64. The Labute approximate surface area is 174 Å². The second-order valence-electron chi connectivity index (χ2n) is 8.80. The van der Waals surface area contributed by atoms with Gasteiger partial charge >= 0.3 is 6.09 Å². The van der Waals surface area contributed by atoms with Gasteiger partial charge in [0.2, 0.25) is 0 Å². The van der Waals surface area contributed by atoms with Crippen molar-refractivity contribution in [2.75, 3.05) is 5.32 Å². The van der Waals surface area contributed by atoms with E-state index in [0.29, 0.717) is 28.3 Å². The summed E-state index contributed by atoms with van der Waals surface area (Å²) >= 11 is 0. The van der Waals surface area contributed by atoms with Crippen LogP contribution in [0.15, 0.2) is 48.4 Å². The highest BCUT2D eigenvalue weighted by molar-refractivity contribution is 6.32. The lowest BCUT2D eigenvalue weighted by Crippen LogP contribution is -2.29. The van der Waals surface area contributed by atoms with E-state index in [-0.39, 0.29) is 5.91 Å². The lowest BCUT2D eigenvalue weighted by molar-refractivity contribution is -0.111. The first-order valence-electron chi connectivity index (χ1n) is 9.64. The van der Waals surface area contributed by atoms with Gasteiger partial charge in [0, 0.05) is 17.3 Å². The molecule has 2 aliphatic heterocycles. The van der Waals surface area contributed by atoms with Crippen molar-refractivity contribution in [1.29, 1.82) is 0 Å². The fourth-order valence-electron chi connectivity index (χ4n) is 3.63. The topological polar surface area (TPSA) is 69.6 Å². The first-order chi connectivity index (χ1) is 14.0. The molecule has 7 heteroatoms. The molecule has 0 spiro atoms. The molecule has 0 saturated heterocycles. The molecule has 156 valence electrons. The number of benzene rings is 1. The Morgan fingerprint density at radius 2 is 1.97 bits per heavy atom. The number of ether oxygens (including phenoxy) is 2. The third kappa shape index (κ3) is 3.40. The molecule has 1 amide bonds. The summed E-state index contributed by atoms with van der Waals surface area (Å²) < 4.78 is 26.6. The largest absolute Gasteiger partial charge is 0.482 e. The van der Waals surface area contributed by atoms with Crippen molar-refractivity contribution in [3.63, 3.8) is 0 Å². The zero-order valence-corrected chi connectivity index (χ0v) is 17.5. The molecular weight excluding hydrogens is 387 g/mol. The van der Waals surface area contributed by atoms with Gasteiger partial charge in [-0.25, -0.2) is 9.18 Å². The monoisotopic (exact) mass is 410 g/mol. The van der Waals surface area contributed by atoms with Crippen molar-refractivity contribution in [1.82, 2.24) is 4.57 Å². The molecule has 0 bridgehead atoms. The van der Waals surface area contributed by atoms with Crippen molar-refractivity contribution in [2.45, 2.75) is 45.8 Å². The van der Waals surface area contributed by atoms with Gasteiger partial charge in [-0.15, -0.1) is 0 Å². The number of rotatable bonds is 1. The van der Waals surface area contributed by atoms with Gasteiger partial charge in [-0.3, -0.25) is 9.36 Å². The molecule has 0 atom stereocenters. The number of nitrogens with zero attached hydrogens (tertiary/aromatic N) is 1. The quantitative estimate of drug-likeness (QED) is 0.674. The molecular formula is C23H23FN2O4. The molecule has 0 saturated carbocycles. The number of allylic oxidation sites excluding steroid dienone is 1. The van der Waals surface area contributed by atoms with Gasteiger partial charge in [-0.05, 0) is 71.0 Å². The molecule has 6 nitrogen and oxygen atoms in total. The number of fused-ring (bicyclic) bond motifs is 1. The lowest BCUT2D eigenvalue weighted by atomic mass is 9.96. The smallest absolute Gasteiger partial charge is 0.418 e. The van der Waals surface area contributed by atoms with Gasteiger partial charge in [0.1, 0.15) is 22.8 Å². The molecule has 2 aromatic rings. The molecule has 0 radical (unpaired) electrons. The average Bonchev–Trinajstić information content (AvgIpc) is 3.27. The number of hydrogen-bond donors (Lipinski definition) is 1. The maximum absolute atomic E-state index is 13.5. The van der Waals surface area contributed by atoms with Gasteiger partial charge < -0.3 is 14.8 Å². The highest BCUT2D eigenvalue weighted by Gasteiger charge is 2.39. The summed E-state index contributed by atoms with van der Waals surface area (Å²) in [6, 6.07) is 7.68. The van der Waals surface area contributed by atoms with Crippen LogP contribution in [0.25, 0.3) is 11.1 Å². The van der Waals surface area contributed by atoms with Crippen LogP contribution in [0.2, 0.25) is 0 Å². The van der Waals surface area contributed by atoms with Crippen molar-refractivity contribution in [3.05, 3.63) is 65.4 Å². The van der Waals surface area contributed by atoms with E-state index in [1.54, 1.807) is 51.2 Å². The molecule has 0 aliphatic carbocycles. The van der Waals surface area contributed by atoms with Crippen molar-refractivity contribution in [2.24, 2.45) is 0 Å². The number of carbonyl (C=O) groups excluding carboxylic acids is 2. The van der Waals surface area contributed by atoms with E-state index >= 15 is 0 Å². The minimum Gasteiger partial charge on any atom is -0.482 e. The van der Waals surface area contributed by atoms with E-state index in [9.17, 15) is 14.0 Å². The molecule has 1 aromatic heterocycles. The van der Waals surface area contributed by atoms with E-state index in [4.69, 9.17) is 9.47 Å². The third-order valence-electron chi connectivity index (χ3n) is 4.88. The highest BCUT2D eigenvalue weighted by atomic mass is 19.1. The van der Waals surface area contributed by atoms with Crippen LogP contribution >= 0.6 is 0 Å². The zero-order valence-electron chi connectivity index (χ0n) is 17.5. The average molecular weight is 410 g/mol. The van der Waals surface area contributed by atoms with Crippen LogP contribution < -0.4 is 5.32 Å². The van der Waals surface area contributed by atoms with E-state index in [0.717, 1.165) is 5.57 Å². The maximum atomic E-state index is 13.5. The number of amides is 1. The molecule has 0 unspecified atom stereocenters. The Morgan fingerprint density at radius 1 is 1.23 bits per heavy atom. The van der Waals surface area contributed by atoms with Crippen LogP contribution in [0.3, 0.4) is 0 Å². The van der Waals surface area contributed by atoms with Crippen molar-refractivity contribution in [3.8, 4) is 0 Å². The van der Waals surface area contributed by atoms with Crippen LogP contribution in [-0.4, -0.2) is 27.8 Å². The lowest BCUT2D eigenvalue weighted by Gasteiger charge is -2.25. The highest BCUT2D eigenvalue weighted by Crippen LogP contribution is 2.44. The number of hydrogen-bond acceptors (Lipinski definition) is 4. The predicted octanol–water partition coefficient (Wildman–Crippen LogP) is 4.97. The van der Waals surface area contributed by atoms with Gasteiger partial charge in [0.15, 0.2) is 0 Å². The normalized spacial score (nSPS) is 19.8. The second-order valence-corrected chi connectivity index (χ2v) is 8.80. The van der Waals surface area contributed by atoms with Gasteiger partial charge in [-0.2, -0.15) is 0 Å². The summed E-state index contributed by atoms with van der Waals surface area (Å²) in [5, 5.41) is 2.67. The summed E-state index contributed by atoms with van der Waals surface area (Å²) in [6.45, 7) is 9.13. The van der Waals surface area contributed by atoms with E-state index in [1.807, 2.05) is 13.8 Å². The van der Waals surface area contributed by atoms with Crippen LogP contribution in [0.5, 0.6) is 0 Å². The van der Waals surface area contributed by atoms with Crippen LogP contribution in [-0.2, 0) is 14.3 Å². The second kappa shape index (κ2) is 6.58. The first kappa shape index (κ1) is 19.9. The fourth-order valence-corrected chi connectivity index (χ4v) is 3.63. The van der Waals surface area contributed by atoms with Crippen LogP contribution in [0.4, 0.5) is 14.9 Å². The SMILES string of the molecule is CC(C)(C)OC(=O)n1cccc1C1=C/C(=C2\C(=O)Nc3cc(F)ccc32)OC1(C)C. The number of nitrogens with one attached hydrogen (secondary N) is 1. The standard InChI is InChI=1S/C23H23FN2O4/c1-22(2,3)30-21(28)26-10-6-7-17(26)15-12-18(29-23(15,4)5)19-14-9-8-13(24)11-16(14)25-20(19)27/h6-12H,1-5H3,(H,25,27)/b19-18+. The number of anilines is 1. The Kier molecular flexibility index (Phi) is 4.38. The fraction of sp³-hybridized carbons (Fsp3) is 0.304. The van der Waals surface area contributed by atoms with Crippen LogP contribution in [0.1, 0.15) is 45.9 Å². The third-order valence-corrected chi connectivity index (χ3v) is 4.88. The molecule has 1 aromatic carbocycles. The minimum atomic E-state index is -0.802. The molecule has 2 aliphatic rings. The maximum Gasteiger partial charge on any atom is 0.418 e. The van der Waals surface area contributed by atoms with E-state index in [1.165, 1.54) is 16.7 Å². The van der Waals surface area contributed by atoms with Crippen LogP contribution in [0, 0.1) is 5.82 Å². The predicted molar refractivity (Wildman–Crippen MR) is 111 cm³/mol. The van der Waals surface area contributed by atoms with Crippen molar-refractivity contribution < 1.29 is 23.5 Å². The Balaban J connectivity index is 1.80. The van der Waals surface area contributed by atoms with Gasteiger partial charge in [-0.1, -0.05) is 0 Å².